The zero-order valence-electron chi connectivity index (χ0n) is 14.7. The van der Waals surface area contributed by atoms with Crippen molar-refractivity contribution in [3.05, 3.63) is 59.2 Å². The molecule has 0 aliphatic rings. The minimum Gasteiger partial charge on any atom is -0.348 e. The first-order valence-electron chi connectivity index (χ1n) is 8.67. The monoisotopic (exact) mass is 323 g/mol. The molecular weight excluding hydrogens is 298 g/mol. The number of H-pyrrole nitrogens is 1. The second kappa shape index (κ2) is 7.43. The molecule has 3 rings (SSSR count). The molecule has 24 heavy (non-hydrogen) atoms. The number of nitrogens with zero attached hydrogens (tertiary/aromatic N) is 4. The molecule has 126 valence electrons. The number of aromatic amines is 1. The Kier molecular flexibility index (Phi) is 5.08. The second-order valence-electron chi connectivity index (χ2n) is 6.33. The first-order valence-corrected chi connectivity index (χ1v) is 8.67. The third-order valence-corrected chi connectivity index (χ3v) is 4.23. The van der Waals surface area contributed by atoms with Gasteiger partial charge in [-0.2, -0.15) is 5.10 Å². The van der Waals surface area contributed by atoms with E-state index in [2.05, 4.69) is 48.9 Å². The van der Waals surface area contributed by atoms with Crippen LogP contribution in [0.25, 0.3) is 5.69 Å². The lowest BCUT2D eigenvalue weighted by Gasteiger charge is -2.09. The van der Waals surface area contributed by atoms with E-state index < -0.39 is 0 Å². The Morgan fingerprint density at radius 3 is 2.71 bits per heavy atom. The molecule has 0 atom stereocenters. The lowest BCUT2D eigenvalue weighted by Crippen LogP contribution is -2.06. The van der Waals surface area contributed by atoms with Crippen molar-refractivity contribution < 1.29 is 0 Å². The summed E-state index contributed by atoms with van der Waals surface area (Å²) in [5, 5.41) is 4.79. The van der Waals surface area contributed by atoms with E-state index in [4.69, 9.17) is 10.1 Å². The zero-order chi connectivity index (χ0) is 16.9. The first-order chi connectivity index (χ1) is 11.7. The van der Waals surface area contributed by atoms with Crippen LogP contribution in [0.15, 0.2) is 30.7 Å². The Labute approximate surface area is 143 Å². The highest BCUT2D eigenvalue weighted by Gasteiger charge is 2.13. The maximum absolute atomic E-state index is 4.80. The van der Waals surface area contributed by atoms with Crippen LogP contribution in [-0.4, -0.2) is 24.7 Å². The lowest BCUT2D eigenvalue weighted by molar-refractivity contribution is 0.733. The Morgan fingerprint density at radius 1 is 1.12 bits per heavy atom. The summed E-state index contributed by atoms with van der Waals surface area (Å²) in [6.07, 6.45) is 8.53. The van der Waals surface area contributed by atoms with Gasteiger partial charge in [-0.3, -0.25) is 0 Å². The van der Waals surface area contributed by atoms with Gasteiger partial charge >= 0.3 is 0 Å². The summed E-state index contributed by atoms with van der Waals surface area (Å²) < 4.78 is 2.02. The molecule has 2 heterocycles. The van der Waals surface area contributed by atoms with Crippen molar-refractivity contribution in [3.8, 4) is 5.69 Å². The molecule has 5 nitrogen and oxygen atoms in total. The molecule has 0 saturated carbocycles. The molecule has 2 aromatic heterocycles. The molecule has 5 heteroatoms. The predicted molar refractivity (Wildman–Crippen MR) is 95.4 cm³/mol. The Bertz CT molecular complexity index is 786. The van der Waals surface area contributed by atoms with Crippen molar-refractivity contribution in [2.75, 3.05) is 0 Å². The summed E-state index contributed by atoms with van der Waals surface area (Å²) in [4.78, 5) is 12.0. The highest BCUT2D eigenvalue weighted by atomic mass is 15.4. The van der Waals surface area contributed by atoms with Gasteiger partial charge < -0.3 is 4.98 Å². The number of benzene rings is 1. The number of unbranched alkanes of at least 4 members (excludes halogenated alkanes) is 1. The molecule has 0 unspecified atom stereocenters. The third-order valence-electron chi connectivity index (χ3n) is 4.23. The minimum absolute atomic E-state index is 0.842. The van der Waals surface area contributed by atoms with Crippen LogP contribution in [-0.2, 0) is 19.3 Å². The van der Waals surface area contributed by atoms with Crippen LogP contribution in [0.3, 0.4) is 0 Å². The number of nitrogens with one attached hydrogen (secondary N) is 1. The molecule has 0 bridgehead atoms. The number of aromatic nitrogens is 5. The van der Waals surface area contributed by atoms with Crippen LogP contribution in [0.5, 0.6) is 0 Å². The van der Waals surface area contributed by atoms with Crippen LogP contribution in [0.2, 0.25) is 0 Å². The number of rotatable bonds is 7. The molecule has 1 N–H and O–H groups in total. The van der Waals surface area contributed by atoms with Gasteiger partial charge in [0.2, 0.25) is 0 Å². The van der Waals surface area contributed by atoms with Crippen LogP contribution >= 0.6 is 0 Å². The van der Waals surface area contributed by atoms with Gasteiger partial charge in [0, 0.05) is 24.7 Å². The van der Waals surface area contributed by atoms with E-state index in [-0.39, 0.29) is 0 Å². The predicted octanol–water partition coefficient (Wildman–Crippen LogP) is 3.74. The summed E-state index contributed by atoms with van der Waals surface area (Å²) in [6, 6.07) is 6.47. The first kappa shape index (κ1) is 16.4. The summed E-state index contributed by atoms with van der Waals surface area (Å²) in [7, 11) is 0. The van der Waals surface area contributed by atoms with Crippen molar-refractivity contribution in [1.29, 1.82) is 0 Å². The molecule has 0 radical (unpaired) electrons. The van der Waals surface area contributed by atoms with Crippen LogP contribution < -0.4 is 0 Å². The van der Waals surface area contributed by atoms with Crippen molar-refractivity contribution in [2.45, 2.75) is 52.9 Å². The zero-order valence-corrected chi connectivity index (χ0v) is 14.7. The fraction of sp³-hybridized carbons (Fsp3) is 0.421. The second-order valence-corrected chi connectivity index (χ2v) is 6.33. The van der Waals surface area contributed by atoms with Gasteiger partial charge in [-0.15, -0.1) is 0 Å². The molecule has 3 aromatic rings. The van der Waals surface area contributed by atoms with E-state index >= 15 is 0 Å². The maximum atomic E-state index is 4.80. The number of hydrogen-bond donors (Lipinski definition) is 1. The van der Waals surface area contributed by atoms with E-state index in [0.29, 0.717) is 0 Å². The highest BCUT2D eigenvalue weighted by Crippen LogP contribution is 2.18. The van der Waals surface area contributed by atoms with Gasteiger partial charge in [0.15, 0.2) is 5.82 Å². The Balaban J connectivity index is 1.91. The molecular formula is C19H25N5. The number of imidazole rings is 1. The van der Waals surface area contributed by atoms with Gasteiger partial charge in [0.05, 0.1) is 12.0 Å². The maximum Gasteiger partial charge on any atom is 0.151 e. The van der Waals surface area contributed by atoms with Gasteiger partial charge in [-0.25, -0.2) is 14.6 Å². The normalized spacial score (nSPS) is 11.1. The molecule has 1 aromatic carbocycles. The van der Waals surface area contributed by atoms with E-state index in [0.717, 1.165) is 55.1 Å². The molecule has 0 saturated heterocycles. The van der Waals surface area contributed by atoms with Crippen LogP contribution in [0.4, 0.5) is 0 Å². The van der Waals surface area contributed by atoms with Gasteiger partial charge in [-0.1, -0.05) is 31.0 Å². The number of hydrogen-bond acceptors (Lipinski definition) is 3. The van der Waals surface area contributed by atoms with E-state index in [1.165, 1.54) is 11.1 Å². The molecule has 0 amide bonds. The number of aryl methyl sites for hydroxylation is 5. The van der Waals surface area contributed by atoms with Gasteiger partial charge in [0.25, 0.3) is 0 Å². The highest BCUT2D eigenvalue weighted by molar-refractivity contribution is 5.42. The topological polar surface area (TPSA) is 59.4 Å². The fourth-order valence-corrected chi connectivity index (χ4v) is 2.90. The van der Waals surface area contributed by atoms with Crippen molar-refractivity contribution in [2.24, 2.45) is 0 Å². The standard InChI is InChI=1S/C19H25N5/c1-4-5-6-18-22-19(10-8-16-12-20-13-21-16)24(23-18)17-9-7-14(2)11-15(17)3/h7,9,11-13H,4-6,8,10H2,1-3H3,(H,20,21). The summed E-state index contributed by atoms with van der Waals surface area (Å²) in [5.74, 6) is 1.96. The fourth-order valence-electron chi connectivity index (χ4n) is 2.90. The van der Waals surface area contributed by atoms with Crippen LogP contribution in [0.1, 0.15) is 48.2 Å². The smallest absolute Gasteiger partial charge is 0.151 e. The third kappa shape index (κ3) is 3.72. The van der Waals surface area contributed by atoms with Gasteiger partial charge in [-0.05, 0) is 38.3 Å². The minimum atomic E-state index is 0.842. The summed E-state index contributed by atoms with van der Waals surface area (Å²) in [5.41, 5.74) is 4.74. The molecule has 0 aliphatic heterocycles. The average Bonchev–Trinajstić information content (AvgIpc) is 3.20. The Hall–Kier alpha value is -2.43. The Morgan fingerprint density at radius 2 is 2.00 bits per heavy atom. The van der Waals surface area contributed by atoms with Gasteiger partial charge in [0.1, 0.15) is 5.82 Å². The van der Waals surface area contributed by atoms with E-state index in [1.54, 1.807) is 6.33 Å². The summed E-state index contributed by atoms with van der Waals surface area (Å²) >= 11 is 0. The average molecular weight is 323 g/mol. The van der Waals surface area contributed by atoms with E-state index in [9.17, 15) is 0 Å². The largest absolute Gasteiger partial charge is 0.348 e. The van der Waals surface area contributed by atoms with Crippen molar-refractivity contribution in [3.63, 3.8) is 0 Å². The summed E-state index contributed by atoms with van der Waals surface area (Å²) in [6.45, 7) is 6.44. The molecule has 0 fully saturated rings. The molecule has 0 spiro atoms. The quantitative estimate of drug-likeness (QED) is 0.720. The lowest BCUT2D eigenvalue weighted by atomic mass is 10.1. The van der Waals surface area contributed by atoms with Crippen molar-refractivity contribution in [1.82, 2.24) is 24.7 Å². The molecule has 0 aliphatic carbocycles. The van der Waals surface area contributed by atoms with Crippen LogP contribution in [0, 0.1) is 13.8 Å². The van der Waals surface area contributed by atoms with Crippen molar-refractivity contribution >= 4 is 0 Å². The van der Waals surface area contributed by atoms with E-state index in [1.807, 2.05) is 10.9 Å². The SMILES string of the molecule is CCCCc1nc(CCc2cnc[nH]2)n(-c2ccc(C)cc2C)n1.